The first-order valence-corrected chi connectivity index (χ1v) is 8.26. The molecular weight excluding hydrogens is 434 g/mol. The Bertz CT molecular complexity index is 734. The maximum atomic E-state index is 12.1. The highest BCUT2D eigenvalue weighted by atomic mass is 127. The zero-order valence-corrected chi connectivity index (χ0v) is 15.5. The fourth-order valence-corrected chi connectivity index (χ4v) is 2.87. The molecule has 114 valence electrons. The maximum Gasteiger partial charge on any atom is 0.224 e. The second-order valence-corrected chi connectivity index (χ2v) is 6.60. The molecule has 0 aliphatic rings. The highest BCUT2D eigenvalue weighted by molar-refractivity contribution is 14.1. The summed E-state index contributed by atoms with van der Waals surface area (Å²) in [5.41, 5.74) is 2.49. The van der Waals surface area contributed by atoms with Crippen LogP contribution < -0.4 is 4.90 Å². The van der Waals surface area contributed by atoms with E-state index in [1.165, 1.54) is 6.92 Å². The van der Waals surface area contributed by atoms with Crippen molar-refractivity contribution in [3.63, 3.8) is 0 Å². The fraction of sp³-hybridized carbons (Fsp3) is 0.125. The topological polar surface area (TPSA) is 33.2 Å². The van der Waals surface area contributed by atoms with Gasteiger partial charge < -0.3 is 4.90 Å². The van der Waals surface area contributed by atoms with Gasteiger partial charge in [0.2, 0.25) is 5.91 Å². The lowest BCUT2D eigenvalue weighted by atomic mass is 10.1. The third kappa shape index (κ3) is 4.00. The SMILES string of the molecule is C=Cc1cc(Cl)ccc1N(Cc1cc(Cl)ncc1I)C(C)=O. The standard InChI is InChI=1S/C16H13Cl2IN2O/c1-3-11-6-13(17)4-5-15(11)21(10(2)22)9-12-7-16(18)20-8-14(12)19/h3-8H,1,9H2,2H3. The van der Waals surface area contributed by atoms with Crippen LogP contribution in [0.5, 0.6) is 0 Å². The smallest absolute Gasteiger partial charge is 0.224 e. The van der Waals surface area contributed by atoms with E-state index >= 15 is 0 Å². The van der Waals surface area contributed by atoms with Crippen molar-refractivity contribution in [3.8, 4) is 0 Å². The molecule has 0 fully saturated rings. The summed E-state index contributed by atoms with van der Waals surface area (Å²) in [6.45, 7) is 5.71. The Balaban J connectivity index is 2.45. The number of aromatic nitrogens is 1. The highest BCUT2D eigenvalue weighted by Gasteiger charge is 2.17. The van der Waals surface area contributed by atoms with Crippen molar-refractivity contribution in [3.05, 3.63) is 61.9 Å². The average Bonchev–Trinajstić information content (AvgIpc) is 2.48. The van der Waals surface area contributed by atoms with Crippen molar-refractivity contribution in [1.29, 1.82) is 0 Å². The predicted molar refractivity (Wildman–Crippen MR) is 100 cm³/mol. The molecule has 22 heavy (non-hydrogen) atoms. The number of anilines is 1. The molecule has 1 aromatic carbocycles. The third-order valence-corrected chi connectivity index (χ3v) is 4.52. The number of hydrogen-bond donors (Lipinski definition) is 0. The second-order valence-electron chi connectivity index (χ2n) is 4.61. The molecule has 0 saturated carbocycles. The van der Waals surface area contributed by atoms with E-state index in [4.69, 9.17) is 23.2 Å². The van der Waals surface area contributed by atoms with Gasteiger partial charge in [0.1, 0.15) is 5.15 Å². The molecule has 1 heterocycles. The Hall–Kier alpha value is -1.11. The number of carbonyl (C=O) groups is 1. The van der Waals surface area contributed by atoms with Crippen LogP contribution in [0, 0.1) is 3.57 Å². The van der Waals surface area contributed by atoms with Crippen molar-refractivity contribution in [2.75, 3.05) is 4.90 Å². The van der Waals surface area contributed by atoms with Crippen LogP contribution in [0.1, 0.15) is 18.1 Å². The van der Waals surface area contributed by atoms with Crippen LogP contribution in [0.25, 0.3) is 6.08 Å². The van der Waals surface area contributed by atoms with Crippen LogP contribution in [0.4, 0.5) is 5.69 Å². The molecular formula is C16H13Cl2IN2O. The largest absolute Gasteiger partial charge is 0.308 e. The van der Waals surface area contributed by atoms with Crippen LogP contribution in [0.2, 0.25) is 10.2 Å². The lowest BCUT2D eigenvalue weighted by Gasteiger charge is -2.24. The van der Waals surface area contributed by atoms with E-state index in [0.717, 1.165) is 20.4 Å². The highest BCUT2D eigenvalue weighted by Crippen LogP contribution is 2.28. The van der Waals surface area contributed by atoms with E-state index < -0.39 is 0 Å². The molecule has 0 radical (unpaired) electrons. The monoisotopic (exact) mass is 446 g/mol. The molecule has 1 amide bonds. The Morgan fingerprint density at radius 2 is 2.14 bits per heavy atom. The average molecular weight is 447 g/mol. The third-order valence-electron chi connectivity index (χ3n) is 3.11. The van der Waals surface area contributed by atoms with Gasteiger partial charge in [-0.05, 0) is 58.0 Å². The van der Waals surface area contributed by atoms with Gasteiger partial charge in [0.05, 0.1) is 12.2 Å². The van der Waals surface area contributed by atoms with Crippen molar-refractivity contribution < 1.29 is 4.79 Å². The Labute approximate surface area is 153 Å². The summed E-state index contributed by atoms with van der Waals surface area (Å²) in [6.07, 6.45) is 3.37. The number of amides is 1. The van der Waals surface area contributed by atoms with Gasteiger partial charge >= 0.3 is 0 Å². The lowest BCUT2D eigenvalue weighted by molar-refractivity contribution is -0.116. The molecule has 0 spiro atoms. The molecule has 2 rings (SSSR count). The van der Waals surface area contributed by atoms with Crippen LogP contribution in [-0.4, -0.2) is 10.9 Å². The number of pyridine rings is 1. The minimum atomic E-state index is -0.0749. The second kappa shape index (κ2) is 7.44. The molecule has 3 nitrogen and oxygen atoms in total. The molecule has 0 N–H and O–H groups in total. The number of carbonyl (C=O) groups excluding carboxylic acids is 1. The predicted octanol–water partition coefficient (Wildman–Crippen LogP) is 5.19. The summed E-state index contributed by atoms with van der Waals surface area (Å²) in [5.74, 6) is -0.0749. The summed E-state index contributed by atoms with van der Waals surface area (Å²) >= 11 is 14.1. The number of hydrogen-bond acceptors (Lipinski definition) is 2. The van der Waals surface area contributed by atoms with Crippen molar-refractivity contribution >= 4 is 63.5 Å². The van der Waals surface area contributed by atoms with Crippen molar-refractivity contribution in [1.82, 2.24) is 4.98 Å². The molecule has 0 atom stereocenters. The van der Waals surface area contributed by atoms with Crippen LogP contribution >= 0.6 is 45.8 Å². The van der Waals surface area contributed by atoms with Crippen LogP contribution in [-0.2, 0) is 11.3 Å². The molecule has 0 unspecified atom stereocenters. The van der Waals surface area contributed by atoms with Gasteiger partial charge in [-0.3, -0.25) is 4.79 Å². The molecule has 0 aliphatic heterocycles. The van der Waals surface area contributed by atoms with Crippen LogP contribution in [0.3, 0.4) is 0 Å². The van der Waals surface area contributed by atoms with E-state index in [1.807, 2.05) is 6.07 Å². The zero-order chi connectivity index (χ0) is 16.3. The first-order chi connectivity index (χ1) is 10.4. The van der Waals surface area contributed by atoms with Gasteiger partial charge in [-0.1, -0.05) is 35.9 Å². The summed E-state index contributed by atoms with van der Waals surface area (Å²) < 4.78 is 0.947. The van der Waals surface area contributed by atoms with Crippen molar-refractivity contribution in [2.45, 2.75) is 13.5 Å². The first kappa shape index (κ1) is 17.2. The molecule has 2 aromatic rings. The van der Waals surface area contributed by atoms with E-state index in [2.05, 4.69) is 34.2 Å². The van der Waals surface area contributed by atoms with Gasteiger partial charge in [-0.25, -0.2) is 4.98 Å². The van der Waals surface area contributed by atoms with E-state index in [1.54, 1.807) is 35.4 Å². The molecule has 1 aromatic heterocycles. The van der Waals surface area contributed by atoms with Gasteiger partial charge in [0.15, 0.2) is 0 Å². The Morgan fingerprint density at radius 3 is 2.77 bits per heavy atom. The summed E-state index contributed by atoms with van der Waals surface area (Å²) in [6, 6.07) is 7.12. The lowest BCUT2D eigenvalue weighted by Crippen LogP contribution is -2.28. The quantitative estimate of drug-likeness (QED) is 0.478. The molecule has 0 aliphatic carbocycles. The normalized spacial score (nSPS) is 10.4. The minimum absolute atomic E-state index is 0.0749. The first-order valence-electron chi connectivity index (χ1n) is 6.42. The van der Waals surface area contributed by atoms with Crippen molar-refractivity contribution in [2.24, 2.45) is 0 Å². The van der Waals surface area contributed by atoms with Gasteiger partial charge in [-0.15, -0.1) is 0 Å². The molecule has 0 bridgehead atoms. The maximum absolute atomic E-state index is 12.1. The van der Waals surface area contributed by atoms with E-state index in [9.17, 15) is 4.79 Å². The van der Waals surface area contributed by atoms with E-state index in [-0.39, 0.29) is 5.91 Å². The minimum Gasteiger partial charge on any atom is -0.308 e. The summed E-state index contributed by atoms with van der Waals surface area (Å²) in [7, 11) is 0. The van der Waals surface area contributed by atoms with E-state index in [0.29, 0.717) is 16.7 Å². The number of halogens is 3. The molecule has 0 saturated heterocycles. The van der Waals surface area contributed by atoms with Crippen LogP contribution in [0.15, 0.2) is 37.0 Å². The van der Waals surface area contributed by atoms with Gasteiger partial charge in [0.25, 0.3) is 0 Å². The Kier molecular flexibility index (Phi) is 5.83. The number of benzene rings is 1. The number of rotatable bonds is 4. The zero-order valence-electron chi connectivity index (χ0n) is 11.8. The summed E-state index contributed by atoms with van der Waals surface area (Å²) in [5, 5.41) is 1.00. The number of nitrogens with zero attached hydrogens (tertiary/aromatic N) is 2. The van der Waals surface area contributed by atoms with Gasteiger partial charge in [-0.2, -0.15) is 0 Å². The fourth-order valence-electron chi connectivity index (χ4n) is 2.04. The summed E-state index contributed by atoms with van der Waals surface area (Å²) in [4.78, 5) is 17.8. The Morgan fingerprint density at radius 1 is 1.41 bits per heavy atom. The molecule has 6 heteroatoms. The van der Waals surface area contributed by atoms with Gasteiger partial charge in [0, 0.05) is 21.7 Å².